The van der Waals surface area contributed by atoms with Crippen LogP contribution in [-0.2, 0) is 4.79 Å². The molecule has 1 fully saturated rings. The molecular weight excluding hydrogens is 282 g/mol. The number of aliphatic hydroxyl groups excluding tert-OH is 3. The zero-order valence-electron chi connectivity index (χ0n) is 10.9. The van der Waals surface area contributed by atoms with Crippen LogP contribution in [0.25, 0.3) is 0 Å². The van der Waals surface area contributed by atoms with Gasteiger partial charge in [0.1, 0.15) is 18.0 Å². The summed E-state index contributed by atoms with van der Waals surface area (Å²) in [6.07, 6.45) is -3.31. The van der Waals surface area contributed by atoms with Crippen LogP contribution in [0.5, 0.6) is 5.75 Å². The fourth-order valence-electron chi connectivity index (χ4n) is 1.84. The van der Waals surface area contributed by atoms with E-state index >= 15 is 0 Å². The highest BCUT2D eigenvalue weighted by molar-refractivity contribution is 7.99. The Bertz CT molecular complexity index is 466. The SMILES string of the molecule is CC(=O)Nc1ccc(O[C@H]2SC[C@@H](O)[C@H](O)[C@H]2O)cc1. The Morgan fingerprint density at radius 1 is 1.25 bits per heavy atom. The van der Waals surface area contributed by atoms with E-state index < -0.39 is 23.7 Å². The molecule has 0 spiro atoms. The molecular formula is C13H17NO5S. The second kappa shape index (κ2) is 6.45. The van der Waals surface area contributed by atoms with Crippen molar-refractivity contribution in [2.24, 2.45) is 0 Å². The van der Waals surface area contributed by atoms with Gasteiger partial charge in [-0.3, -0.25) is 4.79 Å². The largest absolute Gasteiger partial charge is 0.477 e. The highest BCUT2D eigenvalue weighted by atomic mass is 32.2. The molecule has 4 N–H and O–H groups in total. The summed E-state index contributed by atoms with van der Waals surface area (Å²) in [6.45, 7) is 1.42. The summed E-state index contributed by atoms with van der Waals surface area (Å²) in [7, 11) is 0. The molecule has 1 amide bonds. The molecule has 0 radical (unpaired) electrons. The molecule has 4 atom stereocenters. The molecule has 2 rings (SSSR count). The van der Waals surface area contributed by atoms with Crippen LogP contribution < -0.4 is 10.1 Å². The minimum atomic E-state index is -1.21. The van der Waals surface area contributed by atoms with Gasteiger partial charge in [-0.05, 0) is 24.3 Å². The minimum absolute atomic E-state index is 0.158. The van der Waals surface area contributed by atoms with Crippen LogP contribution in [0.15, 0.2) is 24.3 Å². The molecule has 1 heterocycles. The fraction of sp³-hybridized carbons (Fsp3) is 0.462. The molecule has 0 aromatic heterocycles. The molecule has 110 valence electrons. The maximum atomic E-state index is 10.9. The Morgan fingerprint density at radius 3 is 2.50 bits per heavy atom. The molecule has 1 aromatic rings. The lowest BCUT2D eigenvalue weighted by Crippen LogP contribution is -2.50. The monoisotopic (exact) mass is 299 g/mol. The summed E-state index contributed by atoms with van der Waals surface area (Å²) in [6, 6.07) is 6.69. The van der Waals surface area contributed by atoms with Gasteiger partial charge in [0.05, 0.1) is 6.10 Å². The van der Waals surface area contributed by atoms with Gasteiger partial charge in [0.25, 0.3) is 0 Å². The van der Waals surface area contributed by atoms with Crippen molar-refractivity contribution >= 4 is 23.4 Å². The third-order valence-electron chi connectivity index (χ3n) is 2.88. The maximum absolute atomic E-state index is 10.9. The number of thioether (sulfide) groups is 1. The van der Waals surface area contributed by atoms with Crippen LogP contribution in [0.3, 0.4) is 0 Å². The van der Waals surface area contributed by atoms with E-state index in [9.17, 15) is 20.1 Å². The molecule has 0 aliphatic carbocycles. The van der Waals surface area contributed by atoms with E-state index in [1.807, 2.05) is 0 Å². The molecule has 0 bridgehead atoms. The lowest BCUT2D eigenvalue weighted by molar-refractivity contribution is -0.114. The van der Waals surface area contributed by atoms with Gasteiger partial charge in [-0.25, -0.2) is 0 Å². The van der Waals surface area contributed by atoms with Crippen molar-refractivity contribution in [2.75, 3.05) is 11.1 Å². The van der Waals surface area contributed by atoms with Crippen LogP contribution in [0, 0.1) is 0 Å². The van der Waals surface area contributed by atoms with Gasteiger partial charge < -0.3 is 25.4 Å². The van der Waals surface area contributed by atoms with Gasteiger partial charge in [0.2, 0.25) is 5.91 Å². The van der Waals surface area contributed by atoms with Crippen LogP contribution >= 0.6 is 11.8 Å². The van der Waals surface area contributed by atoms with Crippen LogP contribution in [0.1, 0.15) is 6.92 Å². The third kappa shape index (κ3) is 3.63. The van der Waals surface area contributed by atoms with Crippen LogP contribution in [-0.4, -0.2) is 50.7 Å². The summed E-state index contributed by atoms with van der Waals surface area (Å²) in [5.74, 6) is 0.653. The molecule has 7 heteroatoms. The number of ether oxygens (including phenoxy) is 1. The highest BCUT2D eigenvalue weighted by Crippen LogP contribution is 2.29. The Labute approximate surface area is 120 Å². The van der Waals surface area contributed by atoms with Crippen molar-refractivity contribution in [1.82, 2.24) is 0 Å². The standard InChI is InChI=1S/C13H17NO5S/c1-7(15)14-8-2-4-9(5-3-8)19-13-12(18)11(17)10(16)6-20-13/h2-5,10-13,16-18H,6H2,1H3,(H,14,15)/t10-,11+,12-,13+/m1/s1. The molecule has 1 aliphatic heterocycles. The van der Waals surface area contributed by atoms with E-state index in [-0.39, 0.29) is 5.91 Å². The third-order valence-corrected chi connectivity index (χ3v) is 4.12. The van der Waals surface area contributed by atoms with E-state index in [2.05, 4.69) is 5.32 Å². The second-order valence-corrected chi connectivity index (χ2v) is 5.70. The lowest BCUT2D eigenvalue weighted by atomic mass is 10.1. The van der Waals surface area contributed by atoms with Crippen molar-refractivity contribution in [2.45, 2.75) is 30.7 Å². The zero-order chi connectivity index (χ0) is 14.7. The number of nitrogens with one attached hydrogen (secondary N) is 1. The van der Waals surface area contributed by atoms with E-state index in [1.54, 1.807) is 24.3 Å². The smallest absolute Gasteiger partial charge is 0.221 e. The number of benzene rings is 1. The van der Waals surface area contributed by atoms with E-state index in [4.69, 9.17) is 4.74 Å². The zero-order valence-corrected chi connectivity index (χ0v) is 11.7. The summed E-state index contributed by atoms with van der Waals surface area (Å²) < 4.78 is 5.58. The van der Waals surface area contributed by atoms with Crippen LogP contribution in [0.4, 0.5) is 5.69 Å². The fourth-order valence-corrected chi connectivity index (χ4v) is 2.96. The quantitative estimate of drug-likeness (QED) is 0.635. The Kier molecular flexibility index (Phi) is 4.87. The van der Waals surface area contributed by atoms with Crippen molar-refractivity contribution in [3.05, 3.63) is 24.3 Å². The topological polar surface area (TPSA) is 99.0 Å². The second-order valence-electron chi connectivity index (χ2n) is 4.57. The Balaban J connectivity index is 1.98. The first kappa shape index (κ1) is 15.1. The van der Waals surface area contributed by atoms with Gasteiger partial charge >= 0.3 is 0 Å². The molecule has 1 saturated heterocycles. The molecule has 1 aliphatic rings. The van der Waals surface area contributed by atoms with Gasteiger partial charge in [0.15, 0.2) is 5.44 Å². The molecule has 0 unspecified atom stereocenters. The van der Waals surface area contributed by atoms with Gasteiger partial charge in [-0.15, -0.1) is 11.8 Å². The molecule has 20 heavy (non-hydrogen) atoms. The number of hydrogen-bond donors (Lipinski definition) is 4. The van der Waals surface area contributed by atoms with Gasteiger partial charge in [-0.2, -0.15) is 0 Å². The predicted molar refractivity (Wildman–Crippen MR) is 75.6 cm³/mol. The number of hydrogen-bond acceptors (Lipinski definition) is 6. The highest BCUT2D eigenvalue weighted by Gasteiger charge is 2.38. The first-order valence-electron chi connectivity index (χ1n) is 6.17. The predicted octanol–water partition coefficient (Wildman–Crippen LogP) is 0.179. The Hall–Kier alpha value is -1.28. The summed E-state index contributed by atoms with van der Waals surface area (Å²) in [4.78, 5) is 10.9. The normalized spacial score (nSPS) is 29.8. The van der Waals surface area contributed by atoms with Crippen molar-refractivity contribution < 1.29 is 24.9 Å². The van der Waals surface area contributed by atoms with Crippen molar-refractivity contribution in [3.8, 4) is 5.75 Å². The molecule has 6 nitrogen and oxygen atoms in total. The van der Waals surface area contributed by atoms with E-state index in [1.165, 1.54) is 18.7 Å². The average molecular weight is 299 g/mol. The Morgan fingerprint density at radius 2 is 1.90 bits per heavy atom. The molecule has 0 saturated carbocycles. The summed E-state index contributed by atoms with van der Waals surface area (Å²) >= 11 is 1.24. The number of rotatable bonds is 3. The first-order valence-corrected chi connectivity index (χ1v) is 7.22. The van der Waals surface area contributed by atoms with Crippen molar-refractivity contribution in [1.29, 1.82) is 0 Å². The summed E-state index contributed by atoms with van der Waals surface area (Å²) in [5, 5.41) is 31.5. The number of anilines is 1. The number of aliphatic hydroxyl groups is 3. The van der Waals surface area contributed by atoms with Gasteiger partial charge in [-0.1, -0.05) is 0 Å². The van der Waals surface area contributed by atoms with Gasteiger partial charge in [0, 0.05) is 18.4 Å². The molecule has 1 aromatic carbocycles. The number of carbonyl (C=O) groups excluding carboxylic acids is 1. The minimum Gasteiger partial charge on any atom is -0.477 e. The van der Waals surface area contributed by atoms with E-state index in [0.29, 0.717) is 17.2 Å². The summed E-state index contributed by atoms with van der Waals surface area (Å²) in [5.41, 5.74) is 0.0113. The van der Waals surface area contributed by atoms with Crippen LogP contribution in [0.2, 0.25) is 0 Å². The number of carbonyl (C=O) groups is 1. The lowest BCUT2D eigenvalue weighted by Gasteiger charge is -2.34. The first-order chi connectivity index (χ1) is 9.47. The van der Waals surface area contributed by atoms with Crippen molar-refractivity contribution in [3.63, 3.8) is 0 Å². The maximum Gasteiger partial charge on any atom is 0.221 e. The average Bonchev–Trinajstić information content (AvgIpc) is 2.41. The van der Waals surface area contributed by atoms with E-state index in [0.717, 1.165) is 0 Å². The number of amides is 1.